The summed E-state index contributed by atoms with van der Waals surface area (Å²) in [4.78, 5) is 0. The van der Waals surface area contributed by atoms with E-state index in [1.165, 1.54) is 0 Å². The zero-order valence-corrected chi connectivity index (χ0v) is 12.1. The molecule has 1 atom stereocenters. The van der Waals surface area contributed by atoms with E-state index in [1.807, 2.05) is 22.9 Å². The standard InChI is InChI=1S/C15H20ClN3/c1-11(2)19-15(13(16)10-18-19)9-8-14(17)12-6-4-3-5-7-12/h3-7,10-11,14H,8-9,17H2,1-2H3. The summed E-state index contributed by atoms with van der Waals surface area (Å²) in [5.41, 5.74) is 8.45. The van der Waals surface area contributed by atoms with Gasteiger partial charge in [0.05, 0.1) is 16.9 Å². The van der Waals surface area contributed by atoms with Crippen LogP contribution >= 0.6 is 11.6 Å². The third-order valence-electron chi connectivity index (χ3n) is 3.26. The number of rotatable bonds is 5. The molecule has 0 aliphatic carbocycles. The van der Waals surface area contributed by atoms with E-state index in [1.54, 1.807) is 6.20 Å². The summed E-state index contributed by atoms with van der Waals surface area (Å²) in [5, 5.41) is 5.04. The summed E-state index contributed by atoms with van der Waals surface area (Å²) in [7, 11) is 0. The van der Waals surface area contributed by atoms with Crippen LogP contribution in [0.3, 0.4) is 0 Å². The molecule has 3 nitrogen and oxygen atoms in total. The Morgan fingerprint density at radius 3 is 2.58 bits per heavy atom. The van der Waals surface area contributed by atoms with Gasteiger partial charge in [-0.2, -0.15) is 5.10 Å². The molecule has 19 heavy (non-hydrogen) atoms. The molecular weight excluding hydrogens is 258 g/mol. The Balaban J connectivity index is 2.05. The van der Waals surface area contributed by atoms with Crippen LogP contribution in [-0.4, -0.2) is 9.78 Å². The van der Waals surface area contributed by atoms with E-state index in [4.69, 9.17) is 17.3 Å². The lowest BCUT2D eigenvalue weighted by Gasteiger charge is -2.15. The maximum atomic E-state index is 6.22. The van der Waals surface area contributed by atoms with Crippen molar-refractivity contribution in [3.63, 3.8) is 0 Å². The van der Waals surface area contributed by atoms with Gasteiger partial charge in [0.25, 0.3) is 0 Å². The van der Waals surface area contributed by atoms with Gasteiger partial charge in [-0.05, 0) is 32.3 Å². The summed E-state index contributed by atoms with van der Waals surface area (Å²) in [6.45, 7) is 4.20. The predicted molar refractivity (Wildman–Crippen MR) is 79.3 cm³/mol. The van der Waals surface area contributed by atoms with Crippen LogP contribution in [0.5, 0.6) is 0 Å². The number of halogens is 1. The van der Waals surface area contributed by atoms with Crippen LogP contribution in [0, 0.1) is 0 Å². The van der Waals surface area contributed by atoms with Gasteiger partial charge in [-0.1, -0.05) is 41.9 Å². The summed E-state index contributed by atoms with van der Waals surface area (Å²) < 4.78 is 1.97. The topological polar surface area (TPSA) is 43.8 Å². The van der Waals surface area contributed by atoms with Gasteiger partial charge >= 0.3 is 0 Å². The fourth-order valence-corrected chi connectivity index (χ4v) is 2.43. The van der Waals surface area contributed by atoms with Crippen LogP contribution < -0.4 is 5.73 Å². The van der Waals surface area contributed by atoms with Gasteiger partial charge < -0.3 is 5.73 Å². The van der Waals surface area contributed by atoms with Crippen molar-refractivity contribution in [1.82, 2.24) is 9.78 Å². The molecule has 1 aromatic heterocycles. The maximum Gasteiger partial charge on any atom is 0.0817 e. The number of hydrogen-bond donors (Lipinski definition) is 1. The SMILES string of the molecule is CC(C)n1ncc(Cl)c1CCC(N)c1ccccc1. The Hall–Kier alpha value is -1.32. The highest BCUT2D eigenvalue weighted by atomic mass is 35.5. The highest BCUT2D eigenvalue weighted by molar-refractivity contribution is 6.31. The van der Waals surface area contributed by atoms with E-state index in [-0.39, 0.29) is 6.04 Å². The number of hydrogen-bond acceptors (Lipinski definition) is 2. The highest BCUT2D eigenvalue weighted by Crippen LogP contribution is 2.23. The molecule has 0 aliphatic heterocycles. The van der Waals surface area contributed by atoms with Crippen LogP contribution in [0.4, 0.5) is 0 Å². The van der Waals surface area contributed by atoms with Crippen LogP contribution in [0.2, 0.25) is 5.02 Å². The lowest BCUT2D eigenvalue weighted by Crippen LogP contribution is -2.14. The van der Waals surface area contributed by atoms with Gasteiger partial charge in [0, 0.05) is 12.1 Å². The molecule has 2 aromatic rings. The number of aromatic nitrogens is 2. The van der Waals surface area contributed by atoms with Gasteiger partial charge in [0.2, 0.25) is 0 Å². The Kier molecular flexibility index (Phi) is 4.61. The zero-order valence-electron chi connectivity index (χ0n) is 11.4. The first kappa shape index (κ1) is 14.1. The molecule has 102 valence electrons. The van der Waals surface area contributed by atoms with Crippen molar-refractivity contribution in [3.05, 3.63) is 52.8 Å². The molecule has 0 amide bonds. The van der Waals surface area contributed by atoms with E-state index < -0.39 is 0 Å². The summed E-state index contributed by atoms with van der Waals surface area (Å²) in [6, 6.07) is 10.5. The first-order valence-corrected chi connectivity index (χ1v) is 6.99. The maximum absolute atomic E-state index is 6.22. The quantitative estimate of drug-likeness (QED) is 0.904. The van der Waals surface area contributed by atoms with Crippen LogP contribution in [0.25, 0.3) is 0 Å². The second-order valence-corrected chi connectivity index (χ2v) is 5.44. The number of nitrogens with two attached hydrogens (primary N) is 1. The Labute approximate surface area is 119 Å². The normalized spacial score (nSPS) is 12.9. The molecule has 4 heteroatoms. The largest absolute Gasteiger partial charge is 0.324 e. The molecule has 2 rings (SSSR count). The van der Waals surface area contributed by atoms with Gasteiger partial charge in [0.1, 0.15) is 0 Å². The average molecular weight is 278 g/mol. The van der Waals surface area contributed by atoms with E-state index >= 15 is 0 Å². The molecule has 1 heterocycles. The van der Waals surface area contributed by atoms with Crippen molar-refractivity contribution in [3.8, 4) is 0 Å². The van der Waals surface area contributed by atoms with Crippen LogP contribution in [0.1, 0.15) is 43.6 Å². The molecular formula is C15H20ClN3. The van der Waals surface area contributed by atoms with Crippen LogP contribution in [0.15, 0.2) is 36.5 Å². The molecule has 0 saturated heterocycles. The van der Waals surface area contributed by atoms with Crippen LogP contribution in [-0.2, 0) is 6.42 Å². The summed E-state index contributed by atoms with van der Waals surface area (Å²) >= 11 is 6.19. The Morgan fingerprint density at radius 2 is 1.95 bits per heavy atom. The highest BCUT2D eigenvalue weighted by Gasteiger charge is 2.13. The zero-order chi connectivity index (χ0) is 13.8. The molecule has 0 aliphatic rings. The molecule has 0 bridgehead atoms. The fraction of sp³-hybridized carbons (Fsp3) is 0.400. The van der Waals surface area contributed by atoms with Gasteiger partial charge in [-0.25, -0.2) is 0 Å². The second-order valence-electron chi connectivity index (χ2n) is 5.03. The third kappa shape index (κ3) is 3.37. The average Bonchev–Trinajstić information content (AvgIpc) is 2.78. The lowest BCUT2D eigenvalue weighted by molar-refractivity contribution is 0.498. The Morgan fingerprint density at radius 1 is 1.26 bits per heavy atom. The van der Waals surface area contributed by atoms with E-state index in [9.17, 15) is 0 Å². The molecule has 1 unspecified atom stereocenters. The van der Waals surface area contributed by atoms with Gasteiger partial charge in [-0.15, -0.1) is 0 Å². The molecule has 2 N–H and O–H groups in total. The smallest absolute Gasteiger partial charge is 0.0817 e. The molecule has 1 aromatic carbocycles. The minimum absolute atomic E-state index is 0.0350. The van der Waals surface area contributed by atoms with E-state index in [0.29, 0.717) is 6.04 Å². The molecule has 0 radical (unpaired) electrons. The van der Waals surface area contributed by atoms with E-state index in [0.717, 1.165) is 29.1 Å². The van der Waals surface area contributed by atoms with Crippen molar-refractivity contribution in [1.29, 1.82) is 0 Å². The summed E-state index contributed by atoms with van der Waals surface area (Å²) in [6.07, 6.45) is 3.42. The molecule has 0 saturated carbocycles. The van der Waals surface area contributed by atoms with Crippen molar-refractivity contribution >= 4 is 11.6 Å². The van der Waals surface area contributed by atoms with Crippen molar-refractivity contribution in [2.75, 3.05) is 0 Å². The first-order valence-electron chi connectivity index (χ1n) is 6.62. The fourth-order valence-electron chi connectivity index (χ4n) is 2.20. The third-order valence-corrected chi connectivity index (χ3v) is 3.57. The number of benzene rings is 1. The van der Waals surface area contributed by atoms with Gasteiger partial charge in [0.15, 0.2) is 0 Å². The molecule has 0 spiro atoms. The lowest BCUT2D eigenvalue weighted by atomic mass is 10.0. The van der Waals surface area contributed by atoms with Crippen molar-refractivity contribution in [2.24, 2.45) is 5.73 Å². The minimum atomic E-state index is 0.0350. The molecule has 0 fully saturated rings. The number of nitrogens with zero attached hydrogens (tertiary/aromatic N) is 2. The second kappa shape index (κ2) is 6.22. The summed E-state index contributed by atoms with van der Waals surface area (Å²) in [5.74, 6) is 0. The van der Waals surface area contributed by atoms with Gasteiger partial charge in [-0.3, -0.25) is 4.68 Å². The van der Waals surface area contributed by atoms with Crippen molar-refractivity contribution in [2.45, 2.75) is 38.8 Å². The monoisotopic (exact) mass is 277 g/mol. The van der Waals surface area contributed by atoms with E-state index in [2.05, 4.69) is 31.1 Å². The first-order chi connectivity index (χ1) is 9.09. The van der Waals surface area contributed by atoms with Crippen molar-refractivity contribution < 1.29 is 0 Å². The Bertz CT molecular complexity index is 519. The minimum Gasteiger partial charge on any atom is -0.324 e. The predicted octanol–water partition coefficient (Wildman–Crippen LogP) is 3.75.